The molecule has 0 fully saturated rings. The molecule has 20 heavy (non-hydrogen) atoms. The van der Waals surface area contributed by atoms with E-state index in [1.807, 2.05) is 0 Å². The topological polar surface area (TPSA) is 80.4 Å². The first-order valence-corrected chi connectivity index (χ1v) is 6.90. The van der Waals surface area contributed by atoms with Crippen molar-refractivity contribution in [2.45, 2.75) is 12.0 Å². The quantitative estimate of drug-likeness (QED) is 0.503. The zero-order valence-electron chi connectivity index (χ0n) is 10.5. The molecule has 0 radical (unpaired) electrons. The van der Waals surface area contributed by atoms with Gasteiger partial charge in [0, 0.05) is 15.4 Å². The molecular weight excluding hydrogens is 278 g/mol. The largest absolute Gasteiger partial charge is 0.384 e. The molecule has 5 nitrogen and oxygen atoms in total. The average Bonchev–Trinajstić information content (AvgIpc) is 2.98. The van der Waals surface area contributed by atoms with E-state index in [9.17, 15) is 20.0 Å². The first-order valence-electron chi connectivity index (χ1n) is 6.02. The maximum absolute atomic E-state index is 12.2. The molecule has 2 aromatic rings. The predicted octanol–water partition coefficient (Wildman–Crippen LogP) is 2.35. The Morgan fingerprint density at radius 1 is 1.25 bits per heavy atom. The van der Waals surface area contributed by atoms with Gasteiger partial charge >= 0.3 is 0 Å². The molecule has 0 aliphatic rings. The number of Topliss-reactive ketones (excluding diaryl/α,β-unsaturated/α-hetero) is 1. The van der Waals surface area contributed by atoms with Crippen LogP contribution in [0, 0.1) is 10.1 Å². The number of rotatable bonds is 6. The van der Waals surface area contributed by atoms with E-state index in [1.54, 1.807) is 47.8 Å². The van der Waals surface area contributed by atoms with Crippen molar-refractivity contribution >= 4 is 17.1 Å². The smallest absolute Gasteiger partial charge is 0.214 e. The van der Waals surface area contributed by atoms with Gasteiger partial charge in [-0.3, -0.25) is 14.9 Å². The highest BCUT2D eigenvalue weighted by Crippen LogP contribution is 2.26. The molecule has 2 rings (SSSR count). The molecule has 1 aromatic carbocycles. The Morgan fingerprint density at radius 2 is 1.95 bits per heavy atom. The van der Waals surface area contributed by atoms with E-state index in [1.165, 1.54) is 11.3 Å². The Kier molecular flexibility index (Phi) is 4.60. The van der Waals surface area contributed by atoms with Crippen LogP contribution in [-0.4, -0.2) is 28.5 Å². The number of aliphatic hydroxyl groups excluding tert-OH is 1. The normalized spacial score (nSPS) is 13.7. The van der Waals surface area contributed by atoms with Crippen LogP contribution in [0.5, 0.6) is 0 Å². The van der Waals surface area contributed by atoms with Crippen LogP contribution in [0.1, 0.15) is 21.2 Å². The van der Waals surface area contributed by atoms with Crippen molar-refractivity contribution in [2.75, 3.05) is 6.54 Å². The second kappa shape index (κ2) is 6.40. The highest BCUT2D eigenvalue weighted by molar-refractivity contribution is 7.10. The van der Waals surface area contributed by atoms with Crippen LogP contribution in [0.3, 0.4) is 0 Å². The fraction of sp³-hybridized carbons (Fsp3) is 0.214. The lowest BCUT2D eigenvalue weighted by Crippen LogP contribution is -2.32. The SMILES string of the molecule is O=C(c1ccccc1)[C@@H](O)[C@H](C[N+](=O)[O-])c1cccs1. The van der Waals surface area contributed by atoms with Crippen molar-refractivity contribution in [1.82, 2.24) is 0 Å². The number of carbonyl (C=O) groups excluding carboxylic acids is 1. The lowest BCUT2D eigenvalue weighted by molar-refractivity contribution is -0.484. The molecule has 104 valence electrons. The third-order valence-electron chi connectivity index (χ3n) is 2.96. The molecule has 0 unspecified atom stereocenters. The minimum Gasteiger partial charge on any atom is -0.384 e. The van der Waals surface area contributed by atoms with Crippen LogP contribution in [-0.2, 0) is 0 Å². The Hall–Kier alpha value is -2.05. The first kappa shape index (κ1) is 14.4. The molecule has 0 aliphatic heterocycles. The van der Waals surface area contributed by atoms with Crippen LogP contribution in [0.4, 0.5) is 0 Å². The van der Waals surface area contributed by atoms with E-state index < -0.39 is 29.3 Å². The summed E-state index contributed by atoms with van der Waals surface area (Å²) >= 11 is 1.30. The van der Waals surface area contributed by atoms with Crippen molar-refractivity contribution in [1.29, 1.82) is 0 Å². The molecule has 6 heteroatoms. The summed E-state index contributed by atoms with van der Waals surface area (Å²) in [4.78, 5) is 23.1. The fourth-order valence-electron chi connectivity index (χ4n) is 1.96. The minimum absolute atomic E-state index is 0.352. The van der Waals surface area contributed by atoms with Gasteiger partial charge < -0.3 is 5.11 Å². The number of ketones is 1. The minimum atomic E-state index is -1.42. The van der Waals surface area contributed by atoms with Gasteiger partial charge in [-0.05, 0) is 11.4 Å². The van der Waals surface area contributed by atoms with Crippen molar-refractivity contribution in [3.63, 3.8) is 0 Å². The van der Waals surface area contributed by atoms with E-state index in [4.69, 9.17) is 0 Å². The molecule has 2 atom stereocenters. The summed E-state index contributed by atoms with van der Waals surface area (Å²) in [5.41, 5.74) is 0.352. The Morgan fingerprint density at radius 3 is 2.50 bits per heavy atom. The van der Waals surface area contributed by atoms with E-state index >= 15 is 0 Å². The first-order chi connectivity index (χ1) is 9.59. The van der Waals surface area contributed by atoms with Crippen molar-refractivity contribution in [3.05, 3.63) is 68.4 Å². The predicted molar refractivity (Wildman–Crippen MR) is 75.7 cm³/mol. The van der Waals surface area contributed by atoms with Crippen molar-refractivity contribution in [2.24, 2.45) is 0 Å². The number of nitro groups is 1. The number of aliphatic hydroxyl groups is 1. The highest BCUT2D eigenvalue weighted by atomic mass is 32.1. The van der Waals surface area contributed by atoms with E-state index in [0.717, 1.165) is 0 Å². The van der Waals surface area contributed by atoms with Crippen LogP contribution in [0.2, 0.25) is 0 Å². The van der Waals surface area contributed by atoms with Crippen LogP contribution >= 0.6 is 11.3 Å². The molecule has 1 N–H and O–H groups in total. The zero-order valence-corrected chi connectivity index (χ0v) is 11.3. The van der Waals surface area contributed by atoms with Gasteiger partial charge in [0.15, 0.2) is 5.78 Å². The van der Waals surface area contributed by atoms with Gasteiger partial charge in [-0.15, -0.1) is 11.3 Å². The Bertz CT molecular complexity index is 582. The van der Waals surface area contributed by atoms with Crippen LogP contribution in [0.25, 0.3) is 0 Å². The van der Waals surface area contributed by atoms with Gasteiger partial charge in [-0.25, -0.2) is 0 Å². The summed E-state index contributed by atoms with van der Waals surface area (Å²) < 4.78 is 0. The monoisotopic (exact) mass is 291 g/mol. The third kappa shape index (κ3) is 3.28. The standard InChI is InChI=1S/C14H13NO4S/c16-13(10-5-2-1-3-6-10)14(17)11(9-15(18)19)12-7-4-8-20-12/h1-8,11,14,17H,9H2/t11-,14+/m1/s1. The van der Waals surface area contributed by atoms with Crippen LogP contribution in [0.15, 0.2) is 47.8 Å². The third-order valence-corrected chi connectivity index (χ3v) is 3.97. The summed E-state index contributed by atoms with van der Waals surface area (Å²) in [5.74, 6) is -1.32. The second-order valence-corrected chi connectivity index (χ2v) is 5.29. The molecule has 0 saturated carbocycles. The number of benzene rings is 1. The summed E-state index contributed by atoms with van der Waals surface area (Å²) in [6.45, 7) is -0.472. The maximum atomic E-state index is 12.2. The highest BCUT2D eigenvalue weighted by Gasteiger charge is 2.32. The number of hydrogen-bond acceptors (Lipinski definition) is 5. The molecule has 0 amide bonds. The Balaban J connectivity index is 2.25. The van der Waals surface area contributed by atoms with Gasteiger partial charge in [0.05, 0.1) is 5.92 Å². The number of hydrogen-bond donors (Lipinski definition) is 1. The lowest BCUT2D eigenvalue weighted by Gasteiger charge is -2.17. The van der Waals surface area contributed by atoms with Crippen molar-refractivity contribution < 1.29 is 14.8 Å². The van der Waals surface area contributed by atoms with Crippen molar-refractivity contribution in [3.8, 4) is 0 Å². The summed E-state index contributed by atoms with van der Waals surface area (Å²) in [5, 5.41) is 22.7. The van der Waals surface area contributed by atoms with Gasteiger partial charge in [-0.1, -0.05) is 36.4 Å². The maximum Gasteiger partial charge on any atom is 0.214 e. The van der Waals surface area contributed by atoms with Gasteiger partial charge in [0.25, 0.3) is 0 Å². The lowest BCUT2D eigenvalue weighted by atomic mass is 9.93. The van der Waals surface area contributed by atoms with E-state index in [-0.39, 0.29) is 0 Å². The van der Waals surface area contributed by atoms with E-state index in [0.29, 0.717) is 10.4 Å². The van der Waals surface area contributed by atoms with Gasteiger partial charge in [-0.2, -0.15) is 0 Å². The van der Waals surface area contributed by atoms with E-state index in [2.05, 4.69) is 0 Å². The number of nitrogens with zero attached hydrogens (tertiary/aromatic N) is 1. The van der Waals surface area contributed by atoms with Crippen LogP contribution < -0.4 is 0 Å². The zero-order chi connectivity index (χ0) is 14.5. The average molecular weight is 291 g/mol. The number of thiophene rings is 1. The molecule has 0 saturated heterocycles. The number of carbonyl (C=O) groups is 1. The molecular formula is C14H13NO4S. The summed E-state index contributed by atoms with van der Waals surface area (Å²) in [7, 11) is 0. The second-order valence-electron chi connectivity index (χ2n) is 4.31. The molecule has 0 bridgehead atoms. The molecule has 1 heterocycles. The Labute approximate surface area is 119 Å². The van der Waals surface area contributed by atoms with Gasteiger partial charge in [0.1, 0.15) is 6.10 Å². The molecule has 0 spiro atoms. The molecule has 1 aromatic heterocycles. The summed E-state index contributed by atoms with van der Waals surface area (Å²) in [6, 6.07) is 11.7. The summed E-state index contributed by atoms with van der Waals surface area (Å²) in [6.07, 6.45) is -1.42. The fourth-order valence-corrected chi connectivity index (χ4v) is 2.81. The van der Waals surface area contributed by atoms with Gasteiger partial charge in [0.2, 0.25) is 6.54 Å². The molecule has 0 aliphatic carbocycles.